The molecule has 4 heteroatoms. The molecule has 86 valence electrons. The quantitative estimate of drug-likeness (QED) is 0.695. The zero-order valence-electron chi connectivity index (χ0n) is 9.52. The first-order chi connectivity index (χ1) is 7.09. The van der Waals surface area contributed by atoms with E-state index < -0.39 is 5.97 Å². The minimum Gasteiger partial charge on any atom is -0.478 e. The summed E-state index contributed by atoms with van der Waals surface area (Å²) in [5.41, 5.74) is 0. The summed E-state index contributed by atoms with van der Waals surface area (Å²) in [6, 6.07) is 0.608. The lowest BCUT2D eigenvalue weighted by Gasteiger charge is -2.35. The number of likely N-dealkylation sites (tertiary alicyclic amines) is 1. The summed E-state index contributed by atoms with van der Waals surface area (Å²) >= 11 is 0. The summed E-state index contributed by atoms with van der Waals surface area (Å²) in [4.78, 5) is 14.8. The number of carboxylic acids is 1. The molecule has 1 atom stereocenters. The third-order valence-corrected chi connectivity index (χ3v) is 2.83. The van der Waals surface area contributed by atoms with E-state index in [4.69, 9.17) is 5.11 Å². The first-order valence-electron chi connectivity index (χ1n) is 5.38. The van der Waals surface area contributed by atoms with E-state index in [-0.39, 0.29) is 0 Å². The molecule has 1 heterocycles. The molecule has 1 N–H and O–H groups in total. The molecule has 0 aromatic heterocycles. The maximum absolute atomic E-state index is 10.3. The standard InChI is InChI=1S/C11H20N2O2/c1-12(2)10-5-3-7-13(9-10)8-4-6-11(14)15/h4,6,10H,3,5,7-9H2,1-2H3,(H,14,15)/b6-4+. The maximum Gasteiger partial charge on any atom is 0.328 e. The molecule has 1 unspecified atom stereocenters. The van der Waals surface area contributed by atoms with Crippen LogP contribution in [-0.4, -0.2) is 60.6 Å². The van der Waals surface area contributed by atoms with Gasteiger partial charge in [-0.25, -0.2) is 4.79 Å². The van der Waals surface area contributed by atoms with E-state index in [9.17, 15) is 4.79 Å². The summed E-state index contributed by atoms with van der Waals surface area (Å²) < 4.78 is 0. The molecule has 1 fully saturated rings. The summed E-state index contributed by atoms with van der Waals surface area (Å²) in [6.45, 7) is 2.86. The van der Waals surface area contributed by atoms with Crippen molar-refractivity contribution in [1.29, 1.82) is 0 Å². The molecule has 0 aliphatic carbocycles. The van der Waals surface area contributed by atoms with Gasteiger partial charge in [0.1, 0.15) is 0 Å². The van der Waals surface area contributed by atoms with Crippen LogP contribution < -0.4 is 0 Å². The molecule has 0 aromatic rings. The average molecular weight is 212 g/mol. The average Bonchev–Trinajstić information content (AvgIpc) is 2.17. The van der Waals surface area contributed by atoms with E-state index in [1.54, 1.807) is 6.08 Å². The second-order valence-corrected chi connectivity index (χ2v) is 4.26. The molecule has 0 bridgehead atoms. The van der Waals surface area contributed by atoms with Gasteiger partial charge >= 0.3 is 5.97 Å². The van der Waals surface area contributed by atoms with Crippen molar-refractivity contribution >= 4 is 5.97 Å². The van der Waals surface area contributed by atoms with Gasteiger partial charge in [-0.05, 0) is 33.5 Å². The van der Waals surface area contributed by atoms with Crippen LogP contribution >= 0.6 is 0 Å². The van der Waals surface area contributed by atoms with Crippen molar-refractivity contribution in [3.8, 4) is 0 Å². The number of carbonyl (C=O) groups is 1. The highest BCUT2D eigenvalue weighted by Gasteiger charge is 2.20. The fourth-order valence-electron chi connectivity index (χ4n) is 1.92. The first kappa shape index (κ1) is 12.2. The summed E-state index contributed by atoms with van der Waals surface area (Å²) in [5.74, 6) is -0.865. The molecule has 15 heavy (non-hydrogen) atoms. The van der Waals surface area contributed by atoms with Gasteiger partial charge in [0.25, 0.3) is 0 Å². The normalized spacial score (nSPS) is 23.8. The van der Waals surface area contributed by atoms with E-state index in [0.29, 0.717) is 6.04 Å². The van der Waals surface area contributed by atoms with Gasteiger partial charge in [-0.15, -0.1) is 0 Å². The van der Waals surface area contributed by atoms with Gasteiger partial charge in [0, 0.05) is 25.2 Å². The fourth-order valence-corrected chi connectivity index (χ4v) is 1.92. The highest BCUT2D eigenvalue weighted by Crippen LogP contribution is 2.13. The van der Waals surface area contributed by atoms with Gasteiger partial charge in [0.05, 0.1) is 0 Å². The fraction of sp³-hybridized carbons (Fsp3) is 0.727. The second kappa shape index (κ2) is 5.88. The van der Waals surface area contributed by atoms with Gasteiger partial charge in [0.2, 0.25) is 0 Å². The van der Waals surface area contributed by atoms with Crippen LogP contribution in [0.3, 0.4) is 0 Å². The largest absolute Gasteiger partial charge is 0.478 e. The highest BCUT2D eigenvalue weighted by atomic mass is 16.4. The molecule has 0 radical (unpaired) electrons. The molecular weight excluding hydrogens is 192 g/mol. The minimum atomic E-state index is -0.865. The van der Waals surface area contributed by atoms with E-state index in [1.165, 1.54) is 18.9 Å². The van der Waals surface area contributed by atoms with Crippen molar-refractivity contribution in [2.24, 2.45) is 0 Å². The topological polar surface area (TPSA) is 43.8 Å². The smallest absolute Gasteiger partial charge is 0.328 e. The Labute approximate surface area is 91.2 Å². The van der Waals surface area contributed by atoms with Crippen LogP contribution in [-0.2, 0) is 4.79 Å². The van der Waals surface area contributed by atoms with E-state index in [1.807, 2.05) is 0 Å². The molecule has 1 aliphatic rings. The Bertz CT molecular complexity index is 239. The van der Waals surface area contributed by atoms with Crippen molar-refractivity contribution < 1.29 is 9.90 Å². The Morgan fingerprint density at radius 2 is 2.33 bits per heavy atom. The number of hydrogen-bond acceptors (Lipinski definition) is 3. The molecule has 0 spiro atoms. The number of likely N-dealkylation sites (N-methyl/N-ethyl adjacent to an activating group) is 1. The third-order valence-electron chi connectivity index (χ3n) is 2.83. The molecule has 1 aliphatic heterocycles. The zero-order chi connectivity index (χ0) is 11.3. The molecule has 4 nitrogen and oxygen atoms in total. The SMILES string of the molecule is CN(C)C1CCCN(C/C=C/C(=O)O)C1. The summed E-state index contributed by atoms with van der Waals surface area (Å²) in [5, 5.41) is 8.47. The monoisotopic (exact) mass is 212 g/mol. The Morgan fingerprint density at radius 3 is 2.93 bits per heavy atom. The third kappa shape index (κ3) is 4.44. The van der Waals surface area contributed by atoms with Crippen LogP contribution in [0, 0.1) is 0 Å². The van der Waals surface area contributed by atoms with Crippen LogP contribution in [0.1, 0.15) is 12.8 Å². The second-order valence-electron chi connectivity index (χ2n) is 4.26. The van der Waals surface area contributed by atoms with Crippen molar-refractivity contribution in [2.75, 3.05) is 33.7 Å². The van der Waals surface area contributed by atoms with Crippen molar-refractivity contribution in [3.63, 3.8) is 0 Å². The number of hydrogen-bond donors (Lipinski definition) is 1. The lowest BCUT2D eigenvalue weighted by molar-refractivity contribution is -0.131. The van der Waals surface area contributed by atoms with Crippen LogP contribution in [0.2, 0.25) is 0 Å². The van der Waals surface area contributed by atoms with Crippen LogP contribution in [0.4, 0.5) is 0 Å². The highest BCUT2D eigenvalue weighted by molar-refractivity contribution is 5.79. The van der Waals surface area contributed by atoms with E-state index in [2.05, 4.69) is 23.9 Å². The number of aliphatic carboxylic acids is 1. The van der Waals surface area contributed by atoms with Crippen molar-refractivity contribution in [1.82, 2.24) is 9.80 Å². The molecule has 0 saturated carbocycles. The zero-order valence-corrected chi connectivity index (χ0v) is 9.52. The Balaban J connectivity index is 2.33. The van der Waals surface area contributed by atoms with Crippen molar-refractivity contribution in [2.45, 2.75) is 18.9 Å². The molecule has 0 aromatic carbocycles. The Morgan fingerprint density at radius 1 is 1.60 bits per heavy atom. The Kier molecular flexibility index (Phi) is 4.78. The Hall–Kier alpha value is -0.870. The lowest BCUT2D eigenvalue weighted by atomic mass is 10.1. The van der Waals surface area contributed by atoms with Gasteiger partial charge < -0.3 is 10.0 Å². The van der Waals surface area contributed by atoms with Crippen molar-refractivity contribution in [3.05, 3.63) is 12.2 Å². The predicted molar refractivity (Wildman–Crippen MR) is 59.9 cm³/mol. The molecule has 1 saturated heterocycles. The van der Waals surface area contributed by atoms with E-state index in [0.717, 1.165) is 19.6 Å². The molecule has 1 rings (SSSR count). The predicted octanol–water partition coefficient (Wildman–Crippen LogP) is 0.653. The summed E-state index contributed by atoms with van der Waals surface area (Å²) in [6.07, 6.45) is 5.38. The first-order valence-corrected chi connectivity index (χ1v) is 5.38. The number of nitrogens with zero attached hydrogens (tertiary/aromatic N) is 2. The number of piperidine rings is 1. The van der Waals surface area contributed by atoms with Gasteiger partial charge in [-0.1, -0.05) is 6.08 Å². The number of carboxylic acid groups (broad SMARTS) is 1. The van der Waals surface area contributed by atoms with Crippen LogP contribution in [0.25, 0.3) is 0 Å². The molecule has 0 amide bonds. The lowest BCUT2D eigenvalue weighted by Crippen LogP contribution is -2.45. The van der Waals surface area contributed by atoms with Gasteiger partial charge in [-0.2, -0.15) is 0 Å². The van der Waals surface area contributed by atoms with E-state index >= 15 is 0 Å². The van der Waals surface area contributed by atoms with Crippen LogP contribution in [0.15, 0.2) is 12.2 Å². The maximum atomic E-state index is 10.3. The van der Waals surface area contributed by atoms with Gasteiger partial charge in [-0.3, -0.25) is 4.90 Å². The molecular formula is C11H20N2O2. The summed E-state index contributed by atoms with van der Waals surface area (Å²) in [7, 11) is 4.20. The number of rotatable bonds is 4. The minimum absolute atomic E-state index is 0.608. The van der Waals surface area contributed by atoms with Gasteiger partial charge in [0.15, 0.2) is 0 Å². The van der Waals surface area contributed by atoms with Crippen LogP contribution in [0.5, 0.6) is 0 Å².